The second-order valence-electron chi connectivity index (χ2n) is 5.54. The van der Waals surface area contributed by atoms with Crippen molar-refractivity contribution in [3.63, 3.8) is 0 Å². The molecule has 7 nitrogen and oxygen atoms in total. The van der Waals surface area contributed by atoms with Crippen molar-refractivity contribution in [1.82, 2.24) is 20.3 Å². The van der Waals surface area contributed by atoms with Gasteiger partial charge in [0, 0.05) is 18.1 Å². The molecule has 2 aromatic heterocycles. The lowest BCUT2D eigenvalue weighted by atomic mass is 10.00. The second kappa shape index (κ2) is 6.66. The molecule has 0 radical (unpaired) electrons. The summed E-state index contributed by atoms with van der Waals surface area (Å²) in [6.45, 7) is 5.60. The molecule has 0 aliphatic carbocycles. The number of carbonyl (C=O) groups excluding carboxylic acids is 1. The quantitative estimate of drug-likeness (QED) is 0.729. The van der Waals surface area contributed by atoms with Gasteiger partial charge in [-0.2, -0.15) is 0 Å². The van der Waals surface area contributed by atoms with Crippen LogP contribution in [0.5, 0.6) is 0 Å². The van der Waals surface area contributed by atoms with Crippen LogP contribution in [0.15, 0.2) is 30.7 Å². The summed E-state index contributed by atoms with van der Waals surface area (Å²) in [5, 5.41) is 5.92. The fourth-order valence-electron chi connectivity index (χ4n) is 1.93. The van der Waals surface area contributed by atoms with Crippen LogP contribution in [0.25, 0.3) is 0 Å². The predicted molar refractivity (Wildman–Crippen MR) is 91.9 cm³/mol. The molecule has 2 aromatic rings. The molecular weight excluding hydrogens is 312 g/mol. The number of hydrogen-bond donors (Lipinski definition) is 3. The van der Waals surface area contributed by atoms with E-state index >= 15 is 0 Å². The minimum atomic E-state index is -0.559. The highest BCUT2D eigenvalue weighted by Crippen LogP contribution is 2.20. The minimum Gasteiger partial charge on any atom is -0.376 e. The zero-order valence-corrected chi connectivity index (χ0v) is 13.9. The first-order valence-electron chi connectivity index (χ1n) is 6.92. The monoisotopic (exact) mass is 330 g/mol. The van der Waals surface area contributed by atoms with E-state index in [1.807, 2.05) is 13.8 Å². The number of aromatic nitrogens is 3. The van der Waals surface area contributed by atoms with Crippen molar-refractivity contribution in [2.75, 3.05) is 5.32 Å². The molecule has 0 saturated heterocycles. The molecule has 0 saturated carbocycles. The summed E-state index contributed by atoms with van der Waals surface area (Å²) in [7, 11) is 0. The number of hydrogen-bond acceptors (Lipinski definition) is 5. The van der Waals surface area contributed by atoms with Gasteiger partial charge in [-0.15, -0.1) is 0 Å². The Morgan fingerprint density at radius 3 is 2.61 bits per heavy atom. The topological polar surface area (TPSA) is 106 Å². The van der Waals surface area contributed by atoms with E-state index in [-0.39, 0.29) is 16.7 Å². The number of nitrogens with one attached hydrogen (secondary N) is 2. The highest BCUT2D eigenvalue weighted by atomic mass is 32.1. The number of nitrogens with zero attached hydrogens (tertiary/aromatic N) is 3. The first-order chi connectivity index (χ1) is 10.8. The fourth-order valence-corrected chi connectivity index (χ4v) is 2.18. The van der Waals surface area contributed by atoms with Gasteiger partial charge in [0.1, 0.15) is 5.69 Å². The first-order valence-corrected chi connectivity index (χ1v) is 7.33. The maximum Gasteiger partial charge on any atom is 0.275 e. The van der Waals surface area contributed by atoms with Gasteiger partial charge >= 0.3 is 0 Å². The maximum absolute atomic E-state index is 12.2. The average molecular weight is 330 g/mol. The van der Waals surface area contributed by atoms with Gasteiger partial charge in [0.2, 0.25) is 0 Å². The van der Waals surface area contributed by atoms with E-state index in [1.165, 1.54) is 6.20 Å². The maximum atomic E-state index is 12.2. The van der Waals surface area contributed by atoms with Crippen LogP contribution in [0.4, 0.5) is 5.69 Å². The number of aryl methyl sites for hydroxylation is 1. The Hall–Kier alpha value is -2.61. The van der Waals surface area contributed by atoms with Crippen molar-refractivity contribution in [2.45, 2.75) is 26.3 Å². The van der Waals surface area contributed by atoms with Gasteiger partial charge in [-0.05, 0) is 45.1 Å². The second-order valence-corrected chi connectivity index (χ2v) is 5.98. The van der Waals surface area contributed by atoms with E-state index in [4.69, 9.17) is 18.0 Å². The molecule has 120 valence electrons. The Balaban J connectivity index is 2.18. The van der Waals surface area contributed by atoms with Crippen LogP contribution in [0, 0.1) is 6.92 Å². The SMILES string of the molecule is Cc1cnc(C(=O)Nc2ccnc(C(C)(C)NC(N)=S)c2)cn1. The van der Waals surface area contributed by atoms with Gasteiger partial charge in [-0.25, -0.2) is 4.98 Å². The zero-order valence-electron chi connectivity index (χ0n) is 13.1. The van der Waals surface area contributed by atoms with Gasteiger partial charge in [0.25, 0.3) is 5.91 Å². The molecule has 1 amide bonds. The molecule has 8 heteroatoms. The van der Waals surface area contributed by atoms with Crippen LogP contribution in [-0.4, -0.2) is 26.0 Å². The minimum absolute atomic E-state index is 0.182. The standard InChI is InChI=1S/C15H18N6OS/c1-9-7-19-11(8-18-9)13(22)20-10-4-5-17-12(6-10)15(2,3)21-14(16)23/h4-8H,1-3H3,(H3,16,21,23)(H,17,20,22). The van der Waals surface area contributed by atoms with Gasteiger partial charge in [-0.3, -0.25) is 14.8 Å². The first kappa shape index (κ1) is 16.8. The van der Waals surface area contributed by atoms with Crippen molar-refractivity contribution in [1.29, 1.82) is 0 Å². The summed E-state index contributed by atoms with van der Waals surface area (Å²) in [6.07, 6.45) is 4.59. The fraction of sp³-hybridized carbons (Fsp3) is 0.267. The summed E-state index contributed by atoms with van der Waals surface area (Å²) in [5.41, 5.74) is 7.25. The van der Waals surface area contributed by atoms with E-state index in [0.29, 0.717) is 11.4 Å². The van der Waals surface area contributed by atoms with Crippen molar-refractivity contribution in [2.24, 2.45) is 5.73 Å². The Morgan fingerprint density at radius 1 is 1.26 bits per heavy atom. The molecule has 0 atom stereocenters. The molecule has 23 heavy (non-hydrogen) atoms. The third-order valence-corrected chi connectivity index (χ3v) is 3.21. The molecule has 0 fully saturated rings. The lowest BCUT2D eigenvalue weighted by Gasteiger charge is -2.26. The highest BCUT2D eigenvalue weighted by Gasteiger charge is 2.22. The molecule has 2 heterocycles. The van der Waals surface area contributed by atoms with Crippen LogP contribution < -0.4 is 16.4 Å². The largest absolute Gasteiger partial charge is 0.376 e. The molecule has 4 N–H and O–H groups in total. The van der Waals surface area contributed by atoms with Crippen molar-refractivity contribution in [3.8, 4) is 0 Å². The molecule has 0 unspecified atom stereocenters. The van der Waals surface area contributed by atoms with E-state index in [0.717, 1.165) is 5.69 Å². The Morgan fingerprint density at radius 2 is 2.00 bits per heavy atom. The third-order valence-electron chi connectivity index (χ3n) is 3.11. The molecule has 0 spiro atoms. The molecular formula is C15H18N6OS. The van der Waals surface area contributed by atoms with E-state index in [2.05, 4.69) is 25.6 Å². The number of rotatable bonds is 4. The number of thiocarbonyl (C=S) groups is 1. The summed E-state index contributed by atoms with van der Waals surface area (Å²) >= 11 is 4.87. The van der Waals surface area contributed by atoms with Gasteiger partial charge < -0.3 is 16.4 Å². The molecule has 0 aromatic carbocycles. The van der Waals surface area contributed by atoms with Crippen molar-refractivity contribution >= 4 is 28.9 Å². The van der Waals surface area contributed by atoms with Crippen LogP contribution in [-0.2, 0) is 5.54 Å². The van der Waals surface area contributed by atoms with Crippen molar-refractivity contribution < 1.29 is 4.79 Å². The summed E-state index contributed by atoms with van der Waals surface area (Å²) < 4.78 is 0. The summed E-state index contributed by atoms with van der Waals surface area (Å²) in [6, 6.07) is 3.45. The number of amides is 1. The molecule has 0 bridgehead atoms. The number of nitrogens with two attached hydrogens (primary N) is 1. The van der Waals surface area contributed by atoms with E-state index in [1.54, 1.807) is 31.5 Å². The predicted octanol–water partition coefficient (Wildman–Crippen LogP) is 1.50. The third kappa shape index (κ3) is 4.43. The number of carbonyl (C=O) groups is 1. The van der Waals surface area contributed by atoms with Crippen LogP contribution in [0.3, 0.4) is 0 Å². The van der Waals surface area contributed by atoms with E-state index < -0.39 is 5.54 Å². The average Bonchev–Trinajstić information content (AvgIpc) is 2.47. The number of anilines is 1. The molecule has 2 rings (SSSR count). The van der Waals surface area contributed by atoms with Crippen molar-refractivity contribution in [3.05, 3.63) is 47.8 Å². The van der Waals surface area contributed by atoms with E-state index in [9.17, 15) is 4.79 Å². The normalized spacial score (nSPS) is 10.9. The lowest BCUT2D eigenvalue weighted by molar-refractivity contribution is 0.102. The molecule has 0 aliphatic heterocycles. The summed E-state index contributed by atoms with van der Waals surface area (Å²) in [5.74, 6) is -0.338. The molecule has 0 aliphatic rings. The Bertz CT molecular complexity index is 729. The Labute approximate surface area is 139 Å². The van der Waals surface area contributed by atoms with Crippen LogP contribution in [0.2, 0.25) is 0 Å². The van der Waals surface area contributed by atoms with Crippen LogP contribution in [0.1, 0.15) is 35.7 Å². The zero-order chi connectivity index (χ0) is 17.0. The number of pyridine rings is 1. The smallest absolute Gasteiger partial charge is 0.275 e. The lowest BCUT2D eigenvalue weighted by Crippen LogP contribution is -2.44. The van der Waals surface area contributed by atoms with Gasteiger partial charge in [0.15, 0.2) is 5.11 Å². The van der Waals surface area contributed by atoms with Gasteiger partial charge in [0.05, 0.1) is 23.1 Å². The Kier molecular flexibility index (Phi) is 4.85. The van der Waals surface area contributed by atoms with Gasteiger partial charge in [-0.1, -0.05) is 0 Å². The highest BCUT2D eigenvalue weighted by molar-refractivity contribution is 7.80. The van der Waals surface area contributed by atoms with Crippen LogP contribution >= 0.6 is 12.2 Å². The summed E-state index contributed by atoms with van der Waals surface area (Å²) in [4.78, 5) is 24.6.